The lowest BCUT2D eigenvalue weighted by molar-refractivity contribution is -0.136. The third-order valence-corrected chi connectivity index (χ3v) is 2.96. The highest BCUT2D eigenvalue weighted by Gasteiger charge is 2.23. The molecule has 0 radical (unpaired) electrons. The molecule has 1 heterocycles. The van der Waals surface area contributed by atoms with Crippen molar-refractivity contribution < 1.29 is 14.4 Å². The number of rotatable bonds is 5. The van der Waals surface area contributed by atoms with Crippen molar-refractivity contribution >= 4 is 5.91 Å². The number of amides is 1. The predicted molar refractivity (Wildman–Crippen MR) is 66.7 cm³/mol. The van der Waals surface area contributed by atoms with E-state index in [2.05, 4.69) is 22.9 Å². The average molecular weight is 250 g/mol. The zero-order chi connectivity index (χ0) is 12.8. The summed E-state index contributed by atoms with van der Waals surface area (Å²) in [6.45, 7) is 1.53. The second-order valence-electron chi connectivity index (χ2n) is 4.21. The number of hydroxylamine groups is 1. The van der Waals surface area contributed by atoms with Gasteiger partial charge in [-0.15, -0.1) is 0 Å². The second-order valence-corrected chi connectivity index (χ2v) is 4.21. The molecular weight excluding hydrogens is 232 g/mol. The molecule has 1 aromatic rings. The van der Waals surface area contributed by atoms with Crippen molar-refractivity contribution in [2.24, 2.45) is 0 Å². The van der Waals surface area contributed by atoms with Gasteiger partial charge in [0, 0.05) is 13.7 Å². The molecule has 1 amide bonds. The van der Waals surface area contributed by atoms with Gasteiger partial charge in [0.05, 0.1) is 19.3 Å². The molecule has 1 aliphatic rings. The van der Waals surface area contributed by atoms with Crippen molar-refractivity contribution in [2.45, 2.75) is 19.0 Å². The van der Waals surface area contributed by atoms with E-state index in [0.29, 0.717) is 26.2 Å². The van der Waals surface area contributed by atoms with Crippen molar-refractivity contribution in [3.63, 3.8) is 0 Å². The van der Waals surface area contributed by atoms with Crippen LogP contribution in [-0.2, 0) is 27.3 Å². The van der Waals surface area contributed by atoms with Gasteiger partial charge in [-0.25, -0.2) is 5.48 Å². The van der Waals surface area contributed by atoms with E-state index >= 15 is 0 Å². The Labute approximate surface area is 106 Å². The van der Waals surface area contributed by atoms with Gasteiger partial charge in [-0.05, 0) is 17.5 Å². The van der Waals surface area contributed by atoms with Gasteiger partial charge < -0.3 is 10.1 Å². The minimum absolute atomic E-state index is 0.138. The van der Waals surface area contributed by atoms with Crippen molar-refractivity contribution in [3.05, 3.63) is 35.4 Å². The molecule has 0 fully saturated rings. The number of fused-ring (bicyclic) bond motifs is 1. The Hall–Kier alpha value is -1.43. The highest BCUT2D eigenvalue weighted by molar-refractivity contribution is 5.81. The summed E-state index contributed by atoms with van der Waals surface area (Å²) in [6, 6.07) is 7.90. The standard InChI is InChI=1S/C13H18N2O3/c1-17-6-7-18-15-13(16)12-8-10-4-2-3-5-11(10)9-14-12/h2-5,12,14H,6-9H2,1H3,(H,15,16). The van der Waals surface area contributed by atoms with Crippen LogP contribution in [0.25, 0.3) is 0 Å². The SMILES string of the molecule is COCCONC(=O)C1Cc2ccccc2CN1. The molecule has 2 rings (SSSR count). The Balaban J connectivity index is 1.83. The van der Waals surface area contributed by atoms with E-state index in [0.717, 1.165) is 0 Å². The van der Waals surface area contributed by atoms with Gasteiger partial charge >= 0.3 is 0 Å². The minimum atomic E-state index is -0.234. The summed E-state index contributed by atoms with van der Waals surface area (Å²) in [7, 11) is 1.59. The van der Waals surface area contributed by atoms with E-state index in [1.54, 1.807) is 7.11 Å². The Morgan fingerprint density at radius 3 is 2.94 bits per heavy atom. The lowest BCUT2D eigenvalue weighted by Crippen LogP contribution is -2.47. The van der Waals surface area contributed by atoms with Gasteiger partial charge in [0.15, 0.2) is 0 Å². The quantitative estimate of drug-likeness (QED) is 0.586. The van der Waals surface area contributed by atoms with Gasteiger partial charge in [0.1, 0.15) is 0 Å². The van der Waals surface area contributed by atoms with E-state index in [1.807, 2.05) is 12.1 Å². The van der Waals surface area contributed by atoms with Gasteiger partial charge in [0.25, 0.3) is 5.91 Å². The maximum Gasteiger partial charge on any atom is 0.261 e. The third-order valence-electron chi connectivity index (χ3n) is 2.96. The zero-order valence-corrected chi connectivity index (χ0v) is 10.4. The van der Waals surface area contributed by atoms with Crippen LogP contribution >= 0.6 is 0 Å². The normalized spacial score (nSPS) is 18.2. The Morgan fingerprint density at radius 1 is 1.39 bits per heavy atom. The molecule has 1 aliphatic heterocycles. The number of nitrogens with one attached hydrogen (secondary N) is 2. The van der Waals surface area contributed by atoms with Crippen molar-refractivity contribution in [2.75, 3.05) is 20.3 Å². The maximum atomic E-state index is 11.8. The van der Waals surface area contributed by atoms with Crippen LogP contribution in [0.2, 0.25) is 0 Å². The van der Waals surface area contributed by atoms with Crippen LogP contribution in [0.5, 0.6) is 0 Å². The molecule has 0 saturated carbocycles. The minimum Gasteiger partial charge on any atom is -0.382 e. The first-order valence-electron chi connectivity index (χ1n) is 6.02. The summed E-state index contributed by atoms with van der Waals surface area (Å²) >= 11 is 0. The lowest BCUT2D eigenvalue weighted by atomic mass is 9.96. The molecule has 98 valence electrons. The molecule has 0 aromatic heterocycles. The van der Waals surface area contributed by atoms with E-state index in [-0.39, 0.29) is 11.9 Å². The van der Waals surface area contributed by atoms with E-state index in [1.165, 1.54) is 11.1 Å². The summed E-state index contributed by atoms with van der Waals surface area (Å²) in [5.74, 6) is -0.138. The van der Waals surface area contributed by atoms with Crippen LogP contribution in [0.4, 0.5) is 0 Å². The predicted octanol–water partition coefficient (Wildman–Crippen LogP) is 0.395. The number of carbonyl (C=O) groups is 1. The largest absolute Gasteiger partial charge is 0.382 e. The summed E-state index contributed by atoms with van der Waals surface area (Å²) in [5, 5.41) is 3.19. The van der Waals surface area contributed by atoms with Crippen LogP contribution in [0.15, 0.2) is 24.3 Å². The zero-order valence-electron chi connectivity index (χ0n) is 10.4. The molecule has 1 aromatic carbocycles. The first kappa shape index (κ1) is 13.0. The first-order chi connectivity index (χ1) is 8.81. The molecule has 0 spiro atoms. The van der Waals surface area contributed by atoms with E-state index in [4.69, 9.17) is 9.57 Å². The summed E-state index contributed by atoms with van der Waals surface area (Å²) in [5.41, 5.74) is 4.90. The number of hydrogen-bond acceptors (Lipinski definition) is 4. The second kappa shape index (κ2) is 6.49. The molecule has 0 saturated heterocycles. The molecule has 1 unspecified atom stereocenters. The van der Waals surface area contributed by atoms with Gasteiger partial charge in [-0.3, -0.25) is 9.63 Å². The third kappa shape index (κ3) is 3.29. The monoisotopic (exact) mass is 250 g/mol. The average Bonchev–Trinajstić information content (AvgIpc) is 2.43. The van der Waals surface area contributed by atoms with Crippen molar-refractivity contribution in [3.8, 4) is 0 Å². The molecule has 0 aliphatic carbocycles. The fourth-order valence-electron chi connectivity index (χ4n) is 1.96. The molecule has 5 nitrogen and oxygen atoms in total. The van der Waals surface area contributed by atoms with Gasteiger partial charge in [-0.2, -0.15) is 0 Å². The molecule has 0 bridgehead atoms. The molecule has 18 heavy (non-hydrogen) atoms. The van der Waals surface area contributed by atoms with Crippen molar-refractivity contribution in [1.29, 1.82) is 0 Å². The molecular formula is C13H18N2O3. The number of carbonyl (C=O) groups excluding carboxylic acids is 1. The smallest absolute Gasteiger partial charge is 0.261 e. The van der Waals surface area contributed by atoms with E-state index in [9.17, 15) is 4.79 Å². The van der Waals surface area contributed by atoms with Gasteiger partial charge in [0.2, 0.25) is 0 Å². The van der Waals surface area contributed by atoms with E-state index < -0.39 is 0 Å². The Morgan fingerprint density at radius 2 is 2.17 bits per heavy atom. The number of methoxy groups -OCH3 is 1. The van der Waals surface area contributed by atoms with Crippen LogP contribution in [0.3, 0.4) is 0 Å². The molecule has 5 heteroatoms. The summed E-state index contributed by atoms with van der Waals surface area (Å²) in [4.78, 5) is 16.8. The molecule has 1 atom stereocenters. The maximum absolute atomic E-state index is 11.8. The fraction of sp³-hybridized carbons (Fsp3) is 0.462. The van der Waals surface area contributed by atoms with Crippen LogP contribution < -0.4 is 10.8 Å². The fourth-order valence-corrected chi connectivity index (χ4v) is 1.96. The summed E-state index contributed by atoms with van der Waals surface area (Å²) in [6.07, 6.45) is 0.690. The summed E-state index contributed by atoms with van der Waals surface area (Å²) < 4.78 is 4.82. The highest BCUT2D eigenvalue weighted by atomic mass is 16.7. The molecule has 2 N–H and O–H groups in total. The number of hydrogen-bond donors (Lipinski definition) is 2. The van der Waals surface area contributed by atoms with Crippen molar-refractivity contribution in [1.82, 2.24) is 10.8 Å². The Bertz CT molecular complexity index is 409. The number of benzene rings is 1. The lowest BCUT2D eigenvalue weighted by Gasteiger charge is -2.24. The number of ether oxygens (including phenoxy) is 1. The highest BCUT2D eigenvalue weighted by Crippen LogP contribution is 2.16. The Kier molecular flexibility index (Phi) is 4.69. The van der Waals surface area contributed by atoms with Crippen LogP contribution in [0, 0.1) is 0 Å². The van der Waals surface area contributed by atoms with Crippen LogP contribution in [-0.4, -0.2) is 32.3 Å². The van der Waals surface area contributed by atoms with Crippen LogP contribution in [0.1, 0.15) is 11.1 Å². The topological polar surface area (TPSA) is 59.6 Å². The van der Waals surface area contributed by atoms with Gasteiger partial charge in [-0.1, -0.05) is 24.3 Å². The first-order valence-corrected chi connectivity index (χ1v) is 6.02.